The molecule has 150 valence electrons. The second kappa shape index (κ2) is 8.33. The number of aryl methyl sites for hydroxylation is 2. The molecule has 1 aliphatic carbocycles. The normalized spacial score (nSPS) is 14.3. The molecule has 0 aliphatic heterocycles. The second-order valence-electron chi connectivity index (χ2n) is 7.32. The zero-order chi connectivity index (χ0) is 20.3. The SMILES string of the molecule is Cc1noc(C)c1CN(C)C(=O)NC(C)c1ccc(NC(=O)NC2CC2)cc1. The summed E-state index contributed by atoms with van der Waals surface area (Å²) in [7, 11) is 1.74. The average Bonchev–Trinajstić information content (AvgIpc) is 3.42. The molecule has 0 bridgehead atoms. The van der Waals surface area contributed by atoms with Crippen LogP contribution in [0, 0.1) is 13.8 Å². The van der Waals surface area contributed by atoms with Crippen LogP contribution in [0.1, 0.15) is 48.4 Å². The summed E-state index contributed by atoms with van der Waals surface area (Å²) in [6.07, 6.45) is 2.10. The van der Waals surface area contributed by atoms with Crippen molar-refractivity contribution in [3.8, 4) is 0 Å². The van der Waals surface area contributed by atoms with E-state index >= 15 is 0 Å². The van der Waals surface area contributed by atoms with E-state index in [1.54, 1.807) is 11.9 Å². The number of nitrogens with one attached hydrogen (secondary N) is 3. The summed E-state index contributed by atoms with van der Waals surface area (Å²) in [6, 6.07) is 7.23. The van der Waals surface area contributed by atoms with Crippen molar-refractivity contribution in [1.29, 1.82) is 0 Å². The third-order valence-electron chi connectivity index (χ3n) is 4.84. The Kier molecular flexibility index (Phi) is 5.87. The fourth-order valence-corrected chi connectivity index (χ4v) is 2.85. The molecule has 3 N–H and O–H groups in total. The van der Waals surface area contributed by atoms with Crippen LogP contribution >= 0.6 is 0 Å². The molecule has 8 nitrogen and oxygen atoms in total. The molecule has 3 rings (SSSR count). The first-order valence-electron chi connectivity index (χ1n) is 9.44. The number of hydrogen-bond donors (Lipinski definition) is 3. The van der Waals surface area contributed by atoms with Crippen molar-refractivity contribution in [1.82, 2.24) is 20.7 Å². The minimum Gasteiger partial charge on any atom is -0.361 e. The number of rotatable bonds is 6. The molecule has 1 atom stereocenters. The van der Waals surface area contributed by atoms with Crippen molar-refractivity contribution in [3.63, 3.8) is 0 Å². The zero-order valence-electron chi connectivity index (χ0n) is 16.7. The summed E-state index contributed by atoms with van der Waals surface area (Å²) in [5, 5.41) is 12.6. The Morgan fingerprint density at radius 2 is 1.93 bits per heavy atom. The predicted octanol–water partition coefficient (Wildman–Crippen LogP) is 3.48. The van der Waals surface area contributed by atoms with Gasteiger partial charge in [-0.1, -0.05) is 17.3 Å². The van der Waals surface area contributed by atoms with Gasteiger partial charge in [0.05, 0.1) is 18.3 Å². The van der Waals surface area contributed by atoms with Crippen molar-refractivity contribution in [2.45, 2.75) is 52.2 Å². The lowest BCUT2D eigenvalue weighted by Gasteiger charge is -2.21. The van der Waals surface area contributed by atoms with Crippen LogP contribution in [-0.4, -0.2) is 35.2 Å². The van der Waals surface area contributed by atoms with Gasteiger partial charge in [0.25, 0.3) is 0 Å². The van der Waals surface area contributed by atoms with Gasteiger partial charge in [-0.05, 0) is 51.3 Å². The van der Waals surface area contributed by atoms with E-state index in [0.717, 1.165) is 41.1 Å². The van der Waals surface area contributed by atoms with E-state index in [9.17, 15) is 9.59 Å². The molecule has 1 unspecified atom stereocenters. The van der Waals surface area contributed by atoms with Crippen LogP contribution in [0.2, 0.25) is 0 Å². The lowest BCUT2D eigenvalue weighted by molar-refractivity contribution is 0.203. The highest BCUT2D eigenvalue weighted by Gasteiger charge is 2.23. The molecule has 1 aromatic carbocycles. The number of anilines is 1. The quantitative estimate of drug-likeness (QED) is 0.709. The van der Waals surface area contributed by atoms with Crippen molar-refractivity contribution >= 4 is 17.7 Å². The summed E-state index contributed by atoms with van der Waals surface area (Å²) in [5.74, 6) is 0.721. The molecule has 1 aromatic heterocycles. The smallest absolute Gasteiger partial charge is 0.319 e. The largest absolute Gasteiger partial charge is 0.361 e. The fraction of sp³-hybridized carbons (Fsp3) is 0.450. The van der Waals surface area contributed by atoms with Crippen LogP contribution in [0.3, 0.4) is 0 Å². The summed E-state index contributed by atoms with van der Waals surface area (Å²) < 4.78 is 5.15. The van der Waals surface area contributed by atoms with Crippen molar-refractivity contribution < 1.29 is 14.1 Å². The number of carbonyl (C=O) groups is 2. The Morgan fingerprint density at radius 3 is 2.50 bits per heavy atom. The van der Waals surface area contributed by atoms with Gasteiger partial charge in [0.2, 0.25) is 0 Å². The van der Waals surface area contributed by atoms with Gasteiger partial charge in [-0.15, -0.1) is 0 Å². The maximum Gasteiger partial charge on any atom is 0.319 e. The van der Waals surface area contributed by atoms with Crippen molar-refractivity contribution in [3.05, 3.63) is 46.8 Å². The topological polar surface area (TPSA) is 99.5 Å². The summed E-state index contributed by atoms with van der Waals surface area (Å²) in [6.45, 7) is 6.05. The van der Waals surface area contributed by atoms with E-state index in [-0.39, 0.29) is 18.1 Å². The molecule has 4 amide bonds. The molecule has 1 saturated carbocycles. The molecular formula is C20H27N5O3. The standard InChI is InChI=1S/C20H27N5O3/c1-12(21-20(27)25(4)11-18-13(2)24-28-14(18)3)15-5-7-16(8-6-15)22-19(26)23-17-9-10-17/h5-8,12,17H,9-11H2,1-4H3,(H,21,27)(H2,22,23,26). The van der Waals surface area contributed by atoms with Gasteiger partial charge in [-0.3, -0.25) is 0 Å². The van der Waals surface area contributed by atoms with E-state index in [2.05, 4.69) is 21.1 Å². The highest BCUT2D eigenvalue weighted by molar-refractivity contribution is 5.89. The molecule has 0 radical (unpaired) electrons. The molecule has 2 aromatic rings. The van der Waals surface area contributed by atoms with Gasteiger partial charge in [0.15, 0.2) is 0 Å². The van der Waals surface area contributed by atoms with E-state index < -0.39 is 0 Å². The minimum absolute atomic E-state index is 0.172. The highest BCUT2D eigenvalue weighted by Crippen LogP contribution is 2.20. The van der Waals surface area contributed by atoms with Crippen LogP contribution < -0.4 is 16.0 Å². The van der Waals surface area contributed by atoms with Crippen LogP contribution in [0.4, 0.5) is 15.3 Å². The molecule has 1 fully saturated rings. The number of aromatic nitrogens is 1. The Labute approximate surface area is 164 Å². The van der Waals surface area contributed by atoms with E-state index in [0.29, 0.717) is 12.6 Å². The number of benzene rings is 1. The average molecular weight is 385 g/mol. The van der Waals surface area contributed by atoms with Crippen molar-refractivity contribution in [2.75, 3.05) is 12.4 Å². The maximum absolute atomic E-state index is 12.5. The second-order valence-corrected chi connectivity index (χ2v) is 7.32. The van der Waals surface area contributed by atoms with Crippen LogP contribution in [-0.2, 0) is 6.54 Å². The van der Waals surface area contributed by atoms with Gasteiger partial charge in [0.1, 0.15) is 5.76 Å². The van der Waals surface area contributed by atoms with Gasteiger partial charge >= 0.3 is 12.1 Å². The molecule has 8 heteroatoms. The number of amides is 4. The molecular weight excluding hydrogens is 358 g/mol. The minimum atomic E-state index is -0.183. The highest BCUT2D eigenvalue weighted by atomic mass is 16.5. The Morgan fingerprint density at radius 1 is 1.25 bits per heavy atom. The first-order valence-corrected chi connectivity index (χ1v) is 9.44. The predicted molar refractivity (Wildman–Crippen MR) is 106 cm³/mol. The van der Waals surface area contributed by atoms with E-state index in [1.165, 1.54) is 0 Å². The van der Waals surface area contributed by atoms with E-state index in [1.807, 2.05) is 45.0 Å². The molecule has 1 heterocycles. The Hall–Kier alpha value is -3.03. The van der Waals surface area contributed by atoms with Gasteiger partial charge in [-0.25, -0.2) is 9.59 Å². The van der Waals surface area contributed by atoms with Gasteiger partial charge < -0.3 is 25.4 Å². The third-order valence-corrected chi connectivity index (χ3v) is 4.84. The number of carbonyl (C=O) groups excluding carboxylic acids is 2. The van der Waals surface area contributed by atoms with Gasteiger partial charge in [0, 0.05) is 24.3 Å². The van der Waals surface area contributed by atoms with Crippen LogP contribution in [0.25, 0.3) is 0 Å². The zero-order valence-corrected chi connectivity index (χ0v) is 16.7. The summed E-state index contributed by atoms with van der Waals surface area (Å²) in [5.41, 5.74) is 3.38. The third kappa shape index (κ3) is 5.03. The van der Waals surface area contributed by atoms with Crippen molar-refractivity contribution in [2.24, 2.45) is 0 Å². The molecule has 0 saturated heterocycles. The fourth-order valence-electron chi connectivity index (χ4n) is 2.85. The number of hydrogen-bond acceptors (Lipinski definition) is 4. The Balaban J connectivity index is 1.52. The molecule has 1 aliphatic rings. The summed E-state index contributed by atoms with van der Waals surface area (Å²) >= 11 is 0. The van der Waals surface area contributed by atoms with Crippen LogP contribution in [0.5, 0.6) is 0 Å². The molecule has 0 spiro atoms. The van der Waals surface area contributed by atoms with E-state index in [4.69, 9.17) is 4.52 Å². The number of urea groups is 2. The van der Waals surface area contributed by atoms with Crippen LogP contribution in [0.15, 0.2) is 28.8 Å². The lowest BCUT2D eigenvalue weighted by atomic mass is 10.1. The maximum atomic E-state index is 12.5. The number of nitrogens with zero attached hydrogens (tertiary/aromatic N) is 2. The Bertz CT molecular complexity index is 823. The molecule has 28 heavy (non-hydrogen) atoms. The first kappa shape index (κ1) is 19.7. The van der Waals surface area contributed by atoms with Gasteiger partial charge in [-0.2, -0.15) is 0 Å². The first-order chi connectivity index (χ1) is 13.3. The summed E-state index contributed by atoms with van der Waals surface area (Å²) in [4.78, 5) is 25.9. The lowest BCUT2D eigenvalue weighted by Crippen LogP contribution is -2.38. The monoisotopic (exact) mass is 385 g/mol.